The molecule has 2 rings (SSSR count). The molecule has 0 amide bonds. The van der Waals surface area contributed by atoms with E-state index in [4.69, 9.17) is 4.74 Å². The predicted octanol–water partition coefficient (Wildman–Crippen LogP) is 0.568. The van der Waals surface area contributed by atoms with Gasteiger partial charge in [0.15, 0.2) is 0 Å². The van der Waals surface area contributed by atoms with Gasteiger partial charge in [-0.05, 0) is 37.1 Å². The second-order valence-corrected chi connectivity index (χ2v) is 7.20. The van der Waals surface area contributed by atoms with E-state index in [0.29, 0.717) is 12.5 Å². The van der Waals surface area contributed by atoms with Crippen LogP contribution in [0.4, 0.5) is 0 Å². The molecule has 1 N–H and O–H groups in total. The molecular weight excluding hydrogens is 290 g/mol. The van der Waals surface area contributed by atoms with Crippen LogP contribution in [0, 0.1) is 0 Å². The molecule has 1 atom stereocenters. The molecule has 0 radical (unpaired) electrons. The monoisotopic (exact) mass is 313 g/mol. The molecule has 5 nitrogen and oxygen atoms in total. The van der Waals surface area contributed by atoms with Crippen molar-refractivity contribution in [3.63, 3.8) is 0 Å². The van der Waals surface area contributed by atoms with E-state index in [-0.39, 0.29) is 5.75 Å². The van der Waals surface area contributed by atoms with Gasteiger partial charge in [0.1, 0.15) is 12.3 Å². The average molecular weight is 313 g/mol. The van der Waals surface area contributed by atoms with Crippen LogP contribution in [0.1, 0.15) is 31.2 Å². The van der Waals surface area contributed by atoms with Gasteiger partial charge in [-0.2, -0.15) is 0 Å². The molecule has 1 saturated carbocycles. The number of hydrogen-bond donors (Lipinski definition) is 1. The van der Waals surface area contributed by atoms with Crippen LogP contribution in [0.5, 0.6) is 5.75 Å². The highest BCUT2D eigenvalue weighted by atomic mass is 32.2. The van der Waals surface area contributed by atoms with Crippen LogP contribution in [-0.2, 0) is 16.7 Å². The minimum Gasteiger partial charge on any atom is -0.748 e. The zero-order chi connectivity index (χ0) is 15.3. The Bertz CT molecular complexity index is 537. The lowest BCUT2D eigenvalue weighted by molar-refractivity contribution is -0.925. The quantitative estimate of drug-likeness (QED) is 0.534. The summed E-state index contributed by atoms with van der Waals surface area (Å²) >= 11 is 0. The maximum absolute atomic E-state index is 10.6. The Balaban J connectivity index is 1.81. The summed E-state index contributed by atoms with van der Waals surface area (Å²) in [5.41, 5.74) is 1.26. The number of nitrogens with one attached hydrogen (secondary N) is 1. The molecule has 118 valence electrons. The molecule has 0 aliphatic heterocycles. The van der Waals surface area contributed by atoms with Gasteiger partial charge < -0.3 is 14.2 Å². The molecule has 6 heteroatoms. The normalized spacial score (nSPS) is 16.7. The molecule has 1 aromatic rings. The number of quaternary nitrogens is 1. The zero-order valence-corrected chi connectivity index (χ0v) is 13.2. The van der Waals surface area contributed by atoms with Crippen molar-refractivity contribution in [3.8, 4) is 5.75 Å². The summed E-state index contributed by atoms with van der Waals surface area (Å²) in [5.74, 6) is 0.611. The molecule has 1 aliphatic carbocycles. The first kappa shape index (κ1) is 16.3. The smallest absolute Gasteiger partial charge is 0.118 e. The van der Waals surface area contributed by atoms with Crippen LogP contribution in [0.3, 0.4) is 0 Å². The Labute approximate surface area is 126 Å². The lowest BCUT2D eigenvalue weighted by Gasteiger charge is -2.19. The summed E-state index contributed by atoms with van der Waals surface area (Å²) in [6.45, 7) is 1.87. The number of benzene rings is 1. The van der Waals surface area contributed by atoms with Crippen molar-refractivity contribution >= 4 is 10.1 Å². The summed E-state index contributed by atoms with van der Waals surface area (Å²) in [5, 5.41) is 0. The summed E-state index contributed by atoms with van der Waals surface area (Å²) in [6, 6.07) is 8.76. The lowest BCUT2D eigenvalue weighted by Crippen LogP contribution is -3.12. The minimum atomic E-state index is -4.07. The summed E-state index contributed by atoms with van der Waals surface area (Å²) in [7, 11) is -2.41. The summed E-state index contributed by atoms with van der Waals surface area (Å²) in [4.78, 5) is 1.49. The molecular formula is C15H23NO4S. The average Bonchev–Trinajstić information content (AvgIpc) is 3.26. The second kappa shape index (κ2) is 7.24. The first-order chi connectivity index (χ1) is 9.98. The van der Waals surface area contributed by atoms with Gasteiger partial charge in [-0.1, -0.05) is 0 Å². The third-order valence-electron chi connectivity index (χ3n) is 3.89. The third-order valence-corrected chi connectivity index (χ3v) is 4.68. The molecule has 1 unspecified atom stereocenters. The SMILES string of the molecule is COc1ccc(C[NH+](CCCCS(=O)(=O)[O-])C2CC2)cc1. The molecule has 0 spiro atoms. The van der Waals surface area contributed by atoms with Gasteiger partial charge in [-0.25, -0.2) is 8.42 Å². The van der Waals surface area contributed by atoms with E-state index < -0.39 is 10.1 Å². The molecule has 0 heterocycles. The molecule has 0 saturated heterocycles. The molecule has 1 aliphatic rings. The standard InChI is InChI=1S/C15H23NO4S/c1-20-15-8-4-13(5-9-15)12-16(14-6-7-14)10-2-3-11-21(17,18)19/h4-5,8-9,14H,2-3,6-7,10-12H2,1H3,(H,17,18,19). The van der Waals surface area contributed by atoms with Crippen molar-refractivity contribution < 1.29 is 22.6 Å². The molecule has 1 fully saturated rings. The van der Waals surface area contributed by atoms with Crippen LogP contribution in [0.2, 0.25) is 0 Å². The maximum Gasteiger partial charge on any atom is 0.118 e. The molecule has 21 heavy (non-hydrogen) atoms. The molecule has 0 aromatic heterocycles. The van der Waals surface area contributed by atoms with Crippen molar-refractivity contribution in [1.29, 1.82) is 0 Å². The van der Waals surface area contributed by atoms with E-state index in [0.717, 1.165) is 25.3 Å². The van der Waals surface area contributed by atoms with Gasteiger partial charge in [-0.3, -0.25) is 0 Å². The van der Waals surface area contributed by atoms with Crippen LogP contribution >= 0.6 is 0 Å². The highest BCUT2D eigenvalue weighted by Crippen LogP contribution is 2.17. The number of unbranched alkanes of at least 4 members (excludes halogenated alkanes) is 1. The largest absolute Gasteiger partial charge is 0.748 e. The fraction of sp³-hybridized carbons (Fsp3) is 0.600. The second-order valence-electron chi connectivity index (χ2n) is 5.68. The van der Waals surface area contributed by atoms with Crippen LogP contribution in [0.15, 0.2) is 24.3 Å². The Morgan fingerprint density at radius 3 is 2.43 bits per heavy atom. The van der Waals surface area contributed by atoms with Crippen LogP contribution in [-0.4, -0.2) is 38.4 Å². The van der Waals surface area contributed by atoms with Gasteiger partial charge in [0.05, 0.1) is 29.8 Å². The number of methoxy groups -OCH3 is 1. The number of hydrogen-bond acceptors (Lipinski definition) is 4. The Morgan fingerprint density at radius 2 is 1.90 bits per heavy atom. The van der Waals surface area contributed by atoms with E-state index in [2.05, 4.69) is 12.1 Å². The Hall–Kier alpha value is -1.11. The summed E-state index contributed by atoms with van der Waals surface area (Å²) < 4.78 is 37.0. The maximum atomic E-state index is 10.6. The van der Waals surface area contributed by atoms with Crippen molar-refractivity contribution in [1.82, 2.24) is 0 Å². The molecule has 1 aromatic carbocycles. The molecule has 0 bridgehead atoms. The third kappa shape index (κ3) is 6.03. The Kier molecular flexibility index (Phi) is 5.61. The van der Waals surface area contributed by atoms with E-state index in [9.17, 15) is 13.0 Å². The zero-order valence-electron chi connectivity index (χ0n) is 12.4. The topological polar surface area (TPSA) is 70.9 Å². The number of ether oxygens (including phenoxy) is 1. The number of rotatable bonds is 9. The fourth-order valence-electron chi connectivity index (χ4n) is 2.56. The van der Waals surface area contributed by atoms with Gasteiger partial charge in [-0.15, -0.1) is 0 Å². The summed E-state index contributed by atoms with van der Waals surface area (Å²) in [6.07, 6.45) is 3.73. The highest BCUT2D eigenvalue weighted by molar-refractivity contribution is 7.85. The van der Waals surface area contributed by atoms with E-state index in [1.54, 1.807) is 7.11 Å². The lowest BCUT2D eigenvalue weighted by atomic mass is 10.2. The van der Waals surface area contributed by atoms with Gasteiger partial charge in [0, 0.05) is 24.2 Å². The fourth-order valence-corrected chi connectivity index (χ4v) is 3.12. The van der Waals surface area contributed by atoms with Crippen molar-refractivity contribution in [3.05, 3.63) is 29.8 Å². The Morgan fingerprint density at radius 1 is 1.24 bits per heavy atom. The van der Waals surface area contributed by atoms with Gasteiger partial charge in [0.2, 0.25) is 0 Å². The first-order valence-electron chi connectivity index (χ1n) is 7.39. The van der Waals surface area contributed by atoms with E-state index in [1.807, 2.05) is 12.1 Å². The van der Waals surface area contributed by atoms with Crippen molar-refractivity contribution in [2.45, 2.75) is 38.3 Å². The van der Waals surface area contributed by atoms with Gasteiger partial charge >= 0.3 is 0 Å². The highest BCUT2D eigenvalue weighted by Gasteiger charge is 2.32. The van der Waals surface area contributed by atoms with E-state index >= 15 is 0 Å². The van der Waals surface area contributed by atoms with Crippen LogP contribution in [0.25, 0.3) is 0 Å². The predicted molar refractivity (Wildman–Crippen MR) is 79.3 cm³/mol. The van der Waals surface area contributed by atoms with Crippen LogP contribution < -0.4 is 9.64 Å². The van der Waals surface area contributed by atoms with E-state index in [1.165, 1.54) is 23.3 Å². The first-order valence-corrected chi connectivity index (χ1v) is 8.97. The van der Waals surface area contributed by atoms with Gasteiger partial charge in [0.25, 0.3) is 0 Å². The van der Waals surface area contributed by atoms with Crippen molar-refractivity contribution in [2.24, 2.45) is 0 Å². The van der Waals surface area contributed by atoms with Crippen molar-refractivity contribution in [2.75, 3.05) is 19.4 Å². The minimum absolute atomic E-state index is 0.243.